The SMILES string of the molecule is CC(NC(=O)C(N)CO)C(=O)NC(Cc1ccccc1)C(=O)N1CCCC1C(=O)O. The van der Waals surface area contributed by atoms with Gasteiger partial charge in [-0.05, 0) is 25.3 Å². The van der Waals surface area contributed by atoms with E-state index in [4.69, 9.17) is 10.8 Å². The molecule has 1 heterocycles. The number of nitrogens with two attached hydrogens (primary N) is 1. The molecule has 30 heavy (non-hydrogen) atoms. The zero-order valence-corrected chi connectivity index (χ0v) is 16.8. The van der Waals surface area contributed by atoms with E-state index >= 15 is 0 Å². The van der Waals surface area contributed by atoms with Gasteiger partial charge in [0.2, 0.25) is 17.7 Å². The maximum absolute atomic E-state index is 13.1. The molecule has 10 nitrogen and oxygen atoms in total. The molecule has 1 aliphatic heterocycles. The lowest BCUT2D eigenvalue weighted by Gasteiger charge is -2.28. The molecule has 2 rings (SSSR count). The Morgan fingerprint density at radius 2 is 1.83 bits per heavy atom. The van der Waals surface area contributed by atoms with Crippen LogP contribution in [0, 0.1) is 0 Å². The van der Waals surface area contributed by atoms with Crippen molar-refractivity contribution in [2.75, 3.05) is 13.2 Å². The predicted molar refractivity (Wildman–Crippen MR) is 107 cm³/mol. The zero-order valence-electron chi connectivity index (χ0n) is 16.8. The first-order valence-electron chi connectivity index (χ1n) is 9.79. The number of aliphatic hydroxyl groups is 1. The van der Waals surface area contributed by atoms with Gasteiger partial charge in [-0.3, -0.25) is 14.4 Å². The number of hydrogen-bond donors (Lipinski definition) is 5. The topological polar surface area (TPSA) is 162 Å². The van der Waals surface area contributed by atoms with Crippen LogP contribution < -0.4 is 16.4 Å². The molecule has 0 radical (unpaired) electrons. The van der Waals surface area contributed by atoms with E-state index in [2.05, 4.69) is 10.6 Å². The molecular formula is C20H28N4O6. The van der Waals surface area contributed by atoms with Gasteiger partial charge in [-0.15, -0.1) is 0 Å². The number of aliphatic carboxylic acids is 1. The van der Waals surface area contributed by atoms with Gasteiger partial charge in [0.05, 0.1) is 6.61 Å². The van der Waals surface area contributed by atoms with Gasteiger partial charge in [-0.1, -0.05) is 30.3 Å². The van der Waals surface area contributed by atoms with E-state index in [0.717, 1.165) is 5.56 Å². The van der Waals surface area contributed by atoms with Crippen molar-refractivity contribution in [3.8, 4) is 0 Å². The summed E-state index contributed by atoms with van der Waals surface area (Å²) in [6.07, 6.45) is 1.10. The number of amides is 3. The van der Waals surface area contributed by atoms with E-state index in [9.17, 15) is 24.3 Å². The highest BCUT2D eigenvalue weighted by Gasteiger charge is 2.38. The van der Waals surface area contributed by atoms with E-state index in [-0.39, 0.29) is 6.42 Å². The summed E-state index contributed by atoms with van der Waals surface area (Å²) in [4.78, 5) is 50.3. The highest BCUT2D eigenvalue weighted by Crippen LogP contribution is 2.19. The lowest BCUT2D eigenvalue weighted by molar-refractivity contribution is -0.149. The van der Waals surface area contributed by atoms with Gasteiger partial charge >= 0.3 is 5.97 Å². The lowest BCUT2D eigenvalue weighted by Crippen LogP contribution is -2.57. The Hall–Kier alpha value is -2.98. The van der Waals surface area contributed by atoms with Crippen molar-refractivity contribution in [1.82, 2.24) is 15.5 Å². The van der Waals surface area contributed by atoms with Gasteiger partial charge < -0.3 is 31.5 Å². The molecule has 1 aliphatic rings. The maximum Gasteiger partial charge on any atom is 0.326 e. The van der Waals surface area contributed by atoms with E-state index in [1.165, 1.54) is 11.8 Å². The summed E-state index contributed by atoms with van der Waals surface area (Å²) in [5.41, 5.74) is 6.23. The highest BCUT2D eigenvalue weighted by molar-refractivity contribution is 5.94. The number of carbonyl (C=O) groups excluding carboxylic acids is 3. The molecule has 0 saturated carbocycles. The summed E-state index contributed by atoms with van der Waals surface area (Å²) in [6.45, 7) is 1.16. The average Bonchev–Trinajstić information content (AvgIpc) is 3.23. The van der Waals surface area contributed by atoms with Crippen LogP contribution >= 0.6 is 0 Å². The minimum Gasteiger partial charge on any atom is -0.480 e. The molecule has 0 aliphatic carbocycles. The van der Waals surface area contributed by atoms with Crippen LogP contribution in [-0.4, -0.2) is 76.1 Å². The van der Waals surface area contributed by atoms with Gasteiger partial charge in [0, 0.05) is 13.0 Å². The third-order valence-corrected chi connectivity index (χ3v) is 5.00. The van der Waals surface area contributed by atoms with Crippen molar-refractivity contribution in [2.45, 2.75) is 50.4 Å². The molecule has 0 aromatic heterocycles. The summed E-state index contributed by atoms with van der Waals surface area (Å²) >= 11 is 0. The minimum atomic E-state index is -1.16. The third kappa shape index (κ3) is 6.01. The van der Waals surface area contributed by atoms with E-state index in [1.807, 2.05) is 6.07 Å². The zero-order chi connectivity index (χ0) is 22.3. The number of hydrogen-bond acceptors (Lipinski definition) is 6. The van der Waals surface area contributed by atoms with Crippen molar-refractivity contribution < 1.29 is 29.4 Å². The largest absolute Gasteiger partial charge is 0.480 e. The maximum atomic E-state index is 13.1. The first-order chi connectivity index (χ1) is 14.2. The van der Waals surface area contributed by atoms with Crippen LogP contribution in [0.3, 0.4) is 0 Å². The second kappa shape index (κ2) is 10.7. The Bertz CT molecular complexity index is 772. The number of nitrogens with zero attached hydrogens (tertiary/aromatic N) is 1. The van der Waals surface area contributed by atoms with Gasteiger partial charge in [0.1, 0.15) is 24.2 Å². The van der Waals surface area contributed by atoms with Crippen LogP contribution in [0.4, 0.5) is 0 Å². The average molecular weight is 420 g/mol. The first kappa shape index (κ1) is 23.3. The number of carboxylic acid groups (broad SMARTS) is 1. The quantitative estimate of drug-likeness (QED) is 0.329. The van der Waals surface area contributed by atoms with Gasteiger partial charge in [0.25, 0.3) is 0 Å². The van der Waals surface area contributed by atoms with Crippen molar-refractivity contribution in [1.29, 1.82) is 0 Å². The summed E-state index contributed by atoms with van der Waals surface area (Å²) in [6, 6.07) is 4.94. The second-order valence-corrected chi connectivity index (χ2v) is 7.30. The number of aliphatic hydroxyl groups excluding tert-OH is 1. The number of carboxylic acids is 1. The number of nitrogens with one attached hydrogen (secondary N) is 2. The summed E-state index contributed by atoms with van der Waals surface area (Å²) in [5.74, 6) is -2.88. The molecule has 4 unspecified atom stereocenters. The van der Waals surface area contributed by atoms with E-state index in [0.29, 0.717) is 19.4 Å². The first-order valence-corrected chi connectivity index (χ1v) is 9.79. The number of likely N-dealkylation sites (tertiary alicyclic amines) is 1. The third-order valence-electron chi connectivity index (χ3n) is 5.00. The Kier molecular flexibility index (Phi) is 8.31. The van der Waals surface area contributed by atoms with Crippen molar-refractivity contribution >= 4 is 23.7 Å². The number of rotatable bonds is 9. The minimum absolute atomic E-state index is 0.172. The number of benzene rings is 1. The van der Waals surface area contributed by atoms with Crippen LogP contribution in [0.2, 0.25) is 0 Å². The Morgan fingerprint density at radius 1 is 1.17 bits per heavy atom. The molecule has 1 aromatic carbocycles. The molecule has 4 atom stereocenters. The van der Waals surface area contributed by atoms with Crippen molar-refractivity contribution in [3.05, 3.63) is 35.9 Å². The van der Waals surface area contributed by atoms with Crippen LogP contribution in [0.1, 0.15) is 25.3 Å². The lowest BCUT2D eigenvalue weighted by atomic mass is 10.0. The Balaban J connectivity index is 2.15. The fourth-order valence-corrected chi connectivity index (χ4v) is 3.30. The standard InChI is InChI=1S/C20H28N4O6/c1-12(22-18(27)14(21)11-25)17(26)23-15(10-13-6-3-2-4-7-13)19(28)24-9-5-8-16(24)20(29)30/h2-4,6-7,12,14-16,25H,5,8-11,21H2,1H3,(H,22,27)(H,23,26)(H,29,30). The summed E-state index contributed by atoms with van der Waals surface area (Å²) in [5, 5.41) is 23.3. The van der Waals surface area contributed by atoms with Crippen molar-refractivity contribution in [3.63, 3.8) is 0 Å². The summed E-state index contributed by atoms with van der Waals surface area (Å²) < 4.78 is 0. The number of carbonyl (C=O) groups is 4. The van der Waals surface area contributed by atoms with Crippen LogP contribution in [0.5, 0.6) is 0 Å². The molecule has 1 saturated heterocycles. The van der Waals surface area contributed by atoms with Crippen LogP contribution in [0.15, 0.2) is 30.3 Å². The smallest absolute Gasteiger partial charge is 0.326 e. The van der Waals surface area contributed by atoms with E-state index < -0.39 is 54.5 Å². The van der Waals surface area contributed by atoms with Gasteiger partial charge in [-0.2, -0.15) is 0 Å². The molecule has 164 valence electrons. The molecule has 0 bridgehead atoms. The molecule has 10 heteroatoms. The Labute approximate surface area is 174 Å². The molecule has 1 aromatic rings. The fourth-order valence-electron chi connectivity index (χ4n) is 3.30. The van der Waals surface area contributed by atoms with Crippen molar-refractivity contribution in [2.24, 2.45) is 5.73 Å². The van der Waals surface area contributed by atoms with E-state index in [1.54, 1.807) is 24.3 Å². The molecule has 1 fully saturated rings. The fraction of sp³-hybridized carbons (Fsp3) is 0.500. The Morgan fingerprint density at radius 3 is 2.43 bits per heavy atom. The molecule has 0 spiro atoms. The van der Waals surface area contributed by atoms with Crippen LogP contribution in [-0.2, 0) is 25.6 Å². The van der Waals surface area contributed by atoms with Crippen LogP contribution in [0.25, 0.3) is 0 Å². The second-order valence-electron chi connectivity index (χ2n) is 7.30. The molecular weight excluding hydrogens is 392 g/mol. The van der Waals surface area contributed by atoms with Gasteiger partial charge in [-0.25, -0.2) is 4.79 Å². The van der Waals surface area contributed by atoms with Gasteiger partial charge in [0.15, 0.2) is 0 Å². The molecule has 3 amide bonds. The normalized spacial score (nSPS) is 18.9. The molecule has 6 N–H and O–H groups in total. The monoisotopic (exact) mass is 420 g/mol. The summed E-state index contributed by atoms with van der Waals surface area (Å²) in [7, 11) is 0. The highest BCUT2D eigenvalue weighted by atomic mass is 16.4. The predicted octanol–water partition coefficient (Wildman–Crippen LogP) is -1.39.